The van der Waals surface area contributed by atoms with Gasteiger partial charge in [0.25, 0.3) is 5.91 Å². The zero-order chi connectivity index (χ0) is 22.8. The maximum atomic E-state index is 13.2. The summed E-state index contributed by atoms with van der Waals surface area (Å²) < 4.78 is 7.61. The van der Waals surface area contributed by atoms with E-state index in [9.17, 15) is 9.59 Å². The molecule has 0 saturated carbocycles. The van der Waals surface area contributed by atoms with Crippen molar-refractivity contribution in [3.63, 3.8) is 0 Å². The molecule has 2 saturated heterocycles. The molecule has 2 fully saturated rings. The lowest BCUT2D eigenvalue weighted by molar-refractivity contribution is 0.0420. The van der Waals surface area contributed by atoms with Crippen LogP contribution in [0.4, 0.5) is 4.79 Å². The third-order valence-corrected chi connectivity index (χ3v) is 7.90. The van der Waals surface area contributed by atoms with Crippen LogP contribution in [-0.2, 0) is 17.6 Å². The van der Waals surface area contributed by atoms with Gasteiger partial charge in [-0.05, 0) is 43.9 Å². The number of hydrogen-bond acceptors (Lipinski definition) is 7. The van der Waals surface area contributed by atoms with Gasteiger partial charge in [-0.1, -0.05) is 11.6 Å². The Labute approximate surface area is 204 Å². The van der Waals surface area contributed by atoms with Gasteiger partial charge in [0.15, 0.2) is 0 Å². The van der Waals surface area contributed by atoms with Crippen molar-refractivity contribution >= 4 is 46.2 Å². The molecule has 0 spiro atoms. The van der Waals surface area contributed by atoms with Gasteiger partial charge < -0.3 is 14.5 Å². The Kier molecular flexibility index (Phi) is 6.77. The fourth-order valence-electron chi connectivity index (χ4n) is 4.36. The number of hydrogen-bond donors (Lipinski definition) is 0. The number of ether oxygens (including phenoxy) is 1. The molecule has 33 heavy (non-hydrogen) atoms. The number of halogens is 1. The van der Waals surface area contributed by atoms with Gasteiger partial charge in [0, 0.05) is 35.6 Å². The lowest BCUT2D eigenvalue weighted by Crippen LogP contribution is -2.47. The van der Waals surface area contributed by atoms with Crippen LogP contribution in [0.1, 0.15) is 45.6 Å². The van der Waals surface area contributed by atoms with Crippen LogP contribution in [0.2, 0.25) is 4.34 Å². The molecule has 8 nitrogen and oxygen atoms in total. The summed E-state index contributed by atoms with van der Waals surface area (Å²) in [4.78, 5) is 35.4. The molecule has 2 aliphatic rings. The molecule has 2 aliphatic heterocycles. The van der Waals surface area contributed by atoms with Crippen molar-refractivity contribution in [3.8, 4) is 0 Å². The van der Waals surface area contributed by atoms with Gasteiger partial charge in [0.1, 0.15) is 5.69 Å². The number of carbonyl (C=O) groups excluding carboxylic acids is 2. The zero-order valence-corrected chi connectivity index (χ0v) is 20.4. The molecule has 3 aromatic heterocycles. The first-order valence-electron chi connectivity index (χ1n) is 11.0. The van der Waals surface area contributed by atoms with Crippen molar-refractivity contribution in [1.82, 2.24) is 24.6 Å². The van der Waals surface area contributed by atoms with Crippen molar-refractivity contribution in [1.29, 1.82) is 0 Å². The number of carbonyl (C=O) groups is 2. The summed E-state index contributed by atoms with van der Waals surface area (Å²) in [6, 6.07) is 5.76. The first-order valence-corrected chi connectivity index (χ1v) is 13.1. The van der Waals surface area contributed by atoms with E-state index in [-0.39, 0.29) is 18.0 Å². The van der Waals surface area contributed by atoms with E-state index in [0.717, 1.165) is 39.9 Å². The number of urea groups is 1. The largest absolute Gasteiger partial charge is 0.378 e. The highest BCUT2D eigenvalue weighted by molar-refractivity contribution is 7.16. The number of likely N-dealkylation sites (tertiary alicyclic amines) is 1. The molecule has 174 valence electrons. The average molecular weight is 506 g/mol. The number of rotatable bonds is 5. The summed E-state index contributed by atoms with van der Waals surface area (Å²) in [5.41, 5.74) is 3.60. The molecule has 5 rings (SSSR count). The van der Waals surface area contributed by atoms with E-state index in [1.807, 2.05) is 28.0 Å². The molecule has 1 unspecified atom stereocenters. The highest BCUT2D eigenvalue weighted by Crippen LogP contribution is 2.33. The van der Waals surface area contributed by atoms with Crippen molar-refractivity contribution in [2.45, 2.75) is 31.7 Å². The van der Waals surface area contributed by atoms with Crippen LogP contribution in [0.15, 0.2) is 29.1 Å². The van der Waals surface area contributed by atoms with E-state index in [0.29, 0.717) is 45.0 Å². The van der Waals surface area contributed by atoms with E-state index >= 15 is 0 Å². The number of thiazole rings is 1. The van der Waals surface area contributed by atoms with Gasteiger partial charge in [0.05, 0.1) is 34.8 Å². The Balaban J connectivity index is 1.41. The topological polar surface area (TPSA) is 80.6 Å². The highest BCUT2D eigenvalue weighted by Gasteiger charge is 2.35. The van der Waals surface area contributed by atoms with E-state index < -0.39 is 0 Å². The van der Waals surface area contributed by atoms with Crippen LogP contribution in [0.5, 0.6) is 0 Å². The molecule has 3 aromatic rings. The second-order valence-electron chi connectivity index (χ2n) is 8.09. The maximum Gasteiger partial charge on any atom is 0.320 e. The molecule has 0 N–H and O–H groups in total. The van der Waals surface area contributed by atoms with Gasteiger partial charge in [-0.15, -0.1) is 22.7 Å². The van der Waals surface area contributed by atoms with Gasteiger partial charge >= 0.3 is 6.03 Å². The quantitative estimate of drug-likeness (QED) is 0.521. The molecule has 11 heteroatoms. The number of morpholine rings is 1. The SMILES string of the molecule is O=C(N1CCOCC1)N1CCCC1c1cc(CCc2ccc(Cl)s2)n(C(=O)c2cscn2)n1. The fourth-order valence-corrected chi connectivity index (χ4v) is 5.97. The standard InChI is InChI=1S/C22H24ClN5O3S2/c23-20-6-5-16(33-20)4-3-15-12-17(25-28(15)21(29)18-13-32-14-24-18)19-2-1-7-27(19)22(30)26-8-10-31-11-9-26/h5-6,12-14,19H,1-4,7-11H2. The predicted octanol–water partition coefficient (Wildman–Crippen LogP) is 4.12. The lowest BCUT2D eigenvalue weighted by Gasteiger charge is -2.33. The summed E-state index contributed by atoms with van der Waals surface area (Å²) in [6.45, 7) is 3.04. The molecule has 0 bridgehead atoms. The van der Waals surface area contributed by atoms with Gasteiger partial charge in [-0.3, -0.25) is 4.79 Å². The number of amides is 2. The van der Waals surface area contributed by atoms with Crippen molar-refractivity contribution in [3.05, 3.63) is 55.4 Å². The number of aryl methyl sites for hydroxylation is 2. The van der Waals surface area contributed by atoms with E-state index in [2.05, 4.69) is 4.98 Å². The van der Waals surface area contributed by atoms with Gasteiger partial charge in [-0.25, -0.2) is 9.78 Å². The van der Waals surface area contributed by atoms with Crippen LogP contribution < -0.4 is 0 Å². The Morgan fingerprint density at radius 2 is 2.03 bits per heavy atom. The second kappa shape index (κ2) is 9.92. The minimum atomic E-state index is -0.245. The molecular formula is C22H24ClN5O3S2. The monoisotopic (exact) mass is 505 g/mol. The third-order valence-electron chi connectivity index (χ3n) is 6.02. The van der Waals surface area contributed by atoms with Crippen LogP contribution in [0.3, 0.4) is 0 Å². The smallest absolute Gasteiger partial charge is 0.320 e. The first-order chi connectivity index (χ1) is 16.1. The van der Waals surface area contributed by atoms with Crippen LogP contribution in [-0.4, -0.2) is 69.4 Å². The second-order valence-corrected chi connectivity index (χ2v) is 10.6. The summed E-state index contributed by atoms with van der Waals surface area (Å²) in [6.07, 6.45) is 3.15. The van der Waals surface area contributed by atoms with E-state index in [4.69, 9.17) is 21.4 Å². The zero-order valence-electron chi connectivity index (χ0n) is 18.0. The van der Waals surface area contributed by atoms with Crippen LogP contribution in [0.25, 0.3) is 0 Å². The Morgan fingerprint density at radius 3 is 2.76 bits per heavy atom. The van der Waals surface area contributed by atoms with Crippen LogP contribution >= 0.6 is 34.3 Å². The highest BCUT2D eigenvalue weighted by atomic mass is 35.5. The molecule has 5 heterocycles. The van der Waals surface area contributed by atoms with Gasteiger partial charge in [0.2, 0.25) is 0 Å². The summed E-state index contributed by atoms with van der Waals surface area (Å²) in [5.74, 6) is -0.245. The van der Waals surface area contributed by atoms with Crippen LogP contribution in [0, 0.1) is 0 Å². The Morgan fingerprint density at radius 1 is 1.18 bits per heavy atom. The molecule has 1 atom stereocenters. The van der Waals surface area contributed by atoms with Crippen molar-refractivity contribution in [2.75, 3.05) is 32.8 Å². The predicted molar refractivity (Wildman–Crippen MR) is 127 cm³/mol. The Bertz CT molecular complexity index is 1120. The summed E-state index contributed by atoms with van der Waals surface area (Å²) in [5, 5.41) is 6.45. The van der Waals surface area contributed by atoms with Crippen molar-refractivity contribution in [2.24, 2.45) is 0 Å². The summed E-state index contributed by atoms with van der Waals surface area (Å²) in [7, 11) is 0. The summed E-state index contributed by atoms with van der Waals surface area (Å²) >= 11 is 9.00. The molecule has 0 aromatic carbocycles. The minimum absolute atomic E-state index is 0.0240. The molecule has 2 amide bonds. The minimum Gasteiger partial charge on any atom is -0.378 e. The number of nitrogens with zero attached hydrogens (tertiary/aromatic N) is 5. The number of thiophene rings is 1. The lowest BCUT2D eigenvalue weighted by atomic mass is 10.1. The normalized spacial score (nSPS) is 18.8. The molecule has 0 aliphatic carbocycles. The number of aromatic nitrogens is 3. The average Bonchev–Trinajstić information content (AvgIpc) is 3.64. The molecule has 0 radical (unpaired) electrons. The molecular weight excluding hydrogens is 482 g/mol. The third kappa shape index (κ3) is 4.84. The van der Waals surface area contributed by atoms with Gasteiger partial charge in [-0.2, -0.15) is 9.78 Å². The van der Waals surface area contributed by atoms with Crippen molar-refractivity contribution < 1.29 is 14.3 Å². The maximum absolute atomic E-state index is 13.2. The van der Waals surface area contributed by atoms with E-state index in [1.54, 1.807) is 22.2 Å². The van der Waals surface area contributed by atoms with E-state index in [1.165, 1.54) is 16.0 Å². The first kappa shape index (κ1) is 22.5. The Hall–Kier alpha value is -2.27. The fraction of sp³-hybridized carbons (Fsp3) is 0.455.